The van der Waals surface area contributed by atoms with Crippen LogP contribution in [-0.2, 0) is 16.0 Å². The van der Waals surface area contributed by atoms with Crippen LogP contribution in [0.2, 0.25) is 0 Å². The van der Waals surface area contributed by atoms with Crippen LogP contribution in [0.1, 0.15) is 36.7 Å². The van der Waals surface area contributed by atoms with Gasteiger partial charge in [-0.05, 0) is 39.0 Å². The van der Waals surface area contributed by atoms with Gasteiger partial charge in [0.25, 0.3) is 0 Å². The second-order valence-corrected chi connectivity index (χ2v) is 9.04. The van der Waals surface area contributed by atoms with Crippen LogP contribution in [0.4, 0.5) is 25.0 Å². The van der Waals surface area contributed by atoms with Crippen LogP contribution in [0, 0.1) is 11.6 Å². The fraction of sp³-hybridized carbons (Fsp3) is 0.440. The van der Waals surface area contributed by atoms with Crippen LogP contribution in [0.3, 0.4) is 0 Å². The molecule has 2 aromatic carbocycles. The topological polar surface area (TPSA) is 80.3 Å². The number of alkyl carbamates (subject to hydrolysis) is 1. The Hall–Kier alpha value is -3.56. The molecule has 1 fully saturated rings. The number of anilines is 2. The van der Waals surface area contributed by atoms with Crippen molar-refractivity contribution in [3.63, 3.8) is 0 Å². The number of rotatable bonds is 6. The number of carbonyl (C=O) groups is 2. The maximum atomic E-state index is 15.4. The first kappa shape index (κ1) is 26.1. The van der Waals surface area contributed by atoms with E-state index in [2.05, 4.69) is 15.0 Å². The van der Waals surface area contributed by atoms with E-state index in [1.807, 2.05) is 24.3 Å². The Kier molecular flexibility index (Phi) is 8.03. The van der Waals surface area contributed by atoms with Gasteiger partial charge in [0.05, 0.1) is 37.7 Å². The van der Waals surface area contributed by atoms with Crippen molar-refractivity contribution in [1.82, 2.24) is 5.32 Å². The lowest BCUT2D eigenvalue weighted by atomic mass is 10.0. The monoisotopic (exact) mass is 491 g/mol. The highest BCUT2D eigenvalue weighted by Gasteiger charge is 2.29. The average Bonchev–Trinajstić information content (AvgIpc) is 2.82. The molecule has 0 bridgehead atoms. The number of carbonyl (C=O) groups excluding carboxylic acids is 2. The highest BCUT2D eigenvalue weighted by atomic mass is 19.1. The Morgan fingerprint density at radius 1 is 1.03 bits per heavy atom. The molecular weight excluding hydrogens is 460 g/mol. The first-order chi connectivity index (χ1) is 16.6. The molecule has 35 heavy (non-hydrogen) atoms. The van der Waals surface area contributed by atoms with Crippen molar-refractivity contribution in [2.75, 3.05) is 50.2 Å². The molecule has 1 amide bonds. The third-order valence-corrected chi connectivity index (χ3v) is 5.52. The van der Waals surface area contributed by atoms with E-state index < -0.39 is 34.9 Å². The van der Waals surface area contributed by atoms with Crippen LogP contribution in [0.5, 0.6) is 5.75 Å². The lowest BCUT2D eigenvalue weighted by molar-refractivity contribution is 0.0523. The summed E-state index contributed by atoms with van der Waals surface area (Å²) in [5, 5.41) is 2.46. The largest absolute Gasteiger partial charge is 0.495 e. The van der Waals surface area contributed by atoms with Crippen molar-refractivity contribution in [1.29, 1.82) is 0 Å². The van der Waals surface area contributed by atoms with Gasteiger partial charge in [0, 0.05) is 31.7 Å². The molecule has 1 N–H and O–H groups in total. The Labute approximate surface area is 203 Å². The third kappa shape index (κ3) is 6.12. The van der Waals surface area contributed by atoms with Gasteiger partial charge in [0.15, 0.2) is 0 Å². The minimum Gasteiger partial charge on any atom is -0.495 e. The normalized spacial score (nSPS) is 13.9. The Bertz CT molecular complexity index is 1080. The molecule has 3 rings (SSSR count). The number of nitrogens with one attached hydrogen (secondary N) is 1. The Morgan fingerprint density at radius 2 is 1.66 bits per heavy atom. The molecule has 1 aliphatic heterocycles. The standard InChI is InChI=1S/C25H31F2N3O5/c1-25(2,3)35-24(32)28-15-17-21(27)16(23(31)34-5)14-18(26)22(17)30-12-10-29(11-13-30)19-8-6-7-9-20(19)33-4/h6-9,14H,10-13,15H2,1-5H3,(H,28,32). The van der Waals surface area contributed by atoms with Gasteiger partial charge in [-0.3, -0.25) is 0 Å². The maximum absolute atomic E-state index is 15.4. The number of para-hydroxylation sites is 2. The minimum absolute atomic E-state index is 0.00844. The van der Waals surface area contributed by atoms with Crippen molar-refractivity contribution < 1.29 is 32.6 Å². The van der Waals surface area contributed by atoms with Crippen molar-refractivity contribution in [3.8, 4) is 5.75 Å². The second-order valence-electron chi connectivity index (χ2n) is 9.04. The summed E-state index contributed by atoms with van der Waals surface area (Å²) >= 11 is 0. The van der Waals surface area contributed by atoms with E-state index in [9.17, 15) is 9.59 Å². The van der Waals surface area contributed by atoms with Gasteiger partial charge in [-0.1, -0.05) is 12.1 Å². The first-order valence-corrected chi connectivity index (χ1v) is 11.2. The number of methoxy groups -OCH3 is 2. The fourth-order valence-corrected chi connectivity index (χ4v) is 3.97. The summed E-state index contributed by atoms with van der Waals surface area (Å²) < 4.78 is 46.0. The number of hydrogen-bond donors (Lipinski definition) is 1. The van der Waals surface area contributed by atoms with E-state index in [4.69, 9.17) is 9.47 Å². The number of hydrogen-bond acceptors (Lipinski definition) is 7. The first-order valence-electron chi connectivity index (χ1n) is 11.2. The van der Waals surface area contributed by atoms with Crippen LogP contribution in [0.25, 0.3) is 0 Å². The van der Waals surface area contributed by atoms with E-state index in [0.717, 1.165) is 24.6 Å². The molecule has 1 aliphatic rings. The summed E-state index contributed by atoms with van der Waals surface area (Å²) in [6.45, 7) is 6.52. The predicted octanol–water partition coefficient (Wildman–Crippen LogP) is 4.11. The second kappa shape index (κ2) is 10.8. The van der Waals surface area contributed by atoms with Gasteiger partial charge >= 0.3 is 12.1 Å². The summed E-state index contributed by atoms with van der Waals surface area (Å²) in [7, 11) is 2.68. The van der Waals surface area contributed by atoms with Gasteiger partial charge in [0.2, 0.25) is 0 Å². The number of piperazine rings is 1. The third-order valence-electron chi connectivity index (χ3n) is 5.52. The number of amides is 1. The molecular formula is C25H31F2N3O5. The molecule has 190 valence electrons. The highest BCUT2D eigenvalue weighted by molar-refractivity contribution is 5.91. The molecule has 0 spiro atoms. The van der Waals surface area contributed by atoms with Crippen LogP contribution >= 0.6 is 0 Å². The number of ether oxygens (including phenoxy) is 3. The molecule has 2 aromatic rings. The predicted molar refractivity (Wildman–Crippen MR) is 128 cm³/mol. The molecule has 0 saturated carbocycles. The molecule has 0 unspecified atom stereocenters. The Morgan fingerprint density at radius 3 is 2.26 bits per heavy atom. The zero-order valence-electron chi connectivity index (χ0n) is 20.6. The van der Waals surface area contributed by atoms with E-state index in [1.165, 1.54) is 0 Å². The number of halogens is 2. The quantitative estimate of drug-likeness (QED) is 0.609. The minimum atomic E-state index is -1.01. The van der Waals surface area contributed by atoms with Gasteiger partial charge in [-0.15, -0.1) is 0 Å². The molecule has 0 atom stereocenters. The highest BCUT2D eigenvalue weighted by Crippen LogP contribution is 2.33. The van der Waals surface area contributed by atoms with Gasteiger partial charge < -0.3 is 29.3 Å². The summed E-state index contributed by atoms with van der Waals surface area (Å²) in [5.74, 6) is -2.01. The lowest BCUT2D eigenvalue weighted by Crippen LogP contribution is -2.47. The zero-order valence-corrected chi connectivity index (χ0v) is 20.6. The van der Waals surface area contributed by atoms with Crippen LogP contribution in [-0.4, -0.2) is 58.1 Å². The summed E-state index contributed by atoms with van der Waals surface area (Å²) in [4.78, 5) is 28.0. The molecule has 1 saturated heterocycles. The van der Waals surface area contributed by atoms with Crippen molar-refractivity contribution in [2.24, 2.45) is 0 Å². The average molecular weight is 492 g/mol. The van der Waals surface area contributed by atoms with E-state index in [0.29, 0.717) is 26.2 Å². The number of nitrogens with zero attached hydrogens (tertiary/aromatic N) is 2. The van der Waals surface area contributed by atoms with Gasteiger partial charge in [-0.2, -0.15) is 0 Å². The van der Waals surface area contributed by atoms with E-state index in [-0.39, 0.29) is 17.8 Å². The molecule has 10 heteroatoms. The van der Waals surface area contributed by atoms with Crippen LogP contribution in [0.15, 0.2) is 30.3 Å². The van der Waals surface area contributed by atoms with Crippen molar-refractivity contribution in [3.05, 3.63) is 53.1 Å². The Balaban J connectivity index is 1.88. The SMILES string of the molecule is COC(=O)c1cc(F)c(N2CCN(c3ccccc3OC)CC2)c(CNC(=O)OC(C)(C)C)c1F. The smallest absolute Gasteiger partial charge is 0.407 e. The van der Waals surface area contributed by atoms with Crippen molar-refractivity contribution in [2.45, 2.75) is 32.9 Å². The summed E-state index contributed by atoms with van der Waals surface area (Å²) in [5.41, 5.74) is -0.552. The van der Waals surface area contributed by atoms with E-state index in [1.54, 1.807) is 32.8 Å². The summed E-state index contributed by atoms with van der Waals surface area (Å²) in [6, 6.07) is 8.42. The molecule has 8 nitrogen and oxygen atoms in total. The molecule has 0 radical (unpaired) electrons. The number of benzene rings is 2. The van der Waals surface area contributed by atoms with Gasteiger partial charge in [-0.25, -0.2) is 18.4 Å². The van der Waals surface area contributed by atoms with Crippen LogP contribution < -0.4 is 19.9 Å². The van der Waals surface area contributed by atoms with Gasteiger partial charge in [0.1, 0.15) is 23.0 Å². The molecule has 1 heterocycles. The maximum Gasteiger partial charge on any atom is 0.407 e. The lowest BCUT2D eigenvalue weighted by Gasteiger charge is -2.38. The number of esters is 1. The zero-order chi connectivity index (χ0) is 25.8. The fourth-order valence-electron chi connectivity index (χ4n) is 3.97. The van der Waals surface area contributed by atoms with Crippen molar-refractivity contribution >= 4 is 23.4 Å². The van der Waals surface area contributed by atoms with E-state index >= 15 is 8.78 Å². The molecule has 0 aliphatic carbocycles. The summed E-state index contributed by atoms with van der Waals surface area (Å²) in [6.07, 6.45) is -0.785. The molecule has 0 aromatic heterocycles.